The monoisotopic (exact) mass is 1080 g/mol. The Morgan fingerprint density at radius 2 is 1.00 bits per heavy atom. The maximum Gasteiger partial charge on any atom is 0.143 e. The summed E-state index contributed by atoms with van der Waals surface area (Å²) in [6, 6.07) is 80.7. The number of para-hydroxylation sites is 3. The molecule has 5 nitrogen and oxygen atoms in total. The molecule has 6 heteroatoms. The summed E-state index contributed by atoms with van der Waals surface area (Å²) in [6.07, 6.45) is 1.89. The maximum absolute atomic E-state index is 6.84. The first-order valence-corrected chi connectivity index (χ1v) is 23.5. The smallest absolute Gasteiger partial charge is 0.143 e. The first-order valence-electron chi connectivity index (χ1n) is 23.5. The molecule has 0 aliphatic carbocycles. The Morgan fingerprint density at radius 3 is 1.64 bits per heavy atom. The summed E-state index contributed by atoms with van der Waals surface area (Å²) in [5, 5.41) is 9.12. The first-order chi connectivity index (χ1) is 33.9. The van der Waals surface area contributed by atoms with Crippen molar-refractivity contribution >= 4 is 82.5 Å². The molecule has 9 aromatic carbocycles. The van der Waals surface area contributed by atoms with Crippen LogP contribution in [0, 0.1) is 18.8 Å². The molecule has 1 aliphatic heterocycles. The normalized spacial score (nSPS) is 12.6. The molecule has 0 fully saturated rings. The van der Waals surface area contributed by atoms with Crippen LogP contribution in [0.25, 0.3) is 82.0 Å². The molecule has 0 N–H and O–H groups in total. The number of hydrogen-bond acceptors (Lipinski definition) is 4. The van der Waals surface area contributed by atoms with Gasteiger partial charge in [0.25, 0.3) is 0 Å². The fourth-order valence-electron chi connectivity index (χ4n) is 10.4. The van der Waals surface area contributed by atoms with Crippen LogP contribution >= 0.6 is 0 Å². The van der Waals surface area contributed by atoms with E-state index in [4.69, 9.17) is 9.72 Å². The van der Waals surface area contributed by atoms with Crippen LogP contribution in [0.15, 0.2) is 212 Å². The van der Waals surface area contributed by atoms with Gasteiger partial charge < -0.3 is 18.9 Å². The molecule has 0 radical (unpaired) electrons. The molecular formula is C64H45N4OPt-3. The number of nitrogens with zero attached hydrogens (tertiary/aromatic N) is 4. The van der Waals surface area contributed by atoms with Gasteiger partial charge in [0, 0.05) is 83.2 Å². The third kappa shape index (κ3) is 7.15. The maximum atomic E-state index is 6.84. The second-order valence-electron chi connectivity index (χ2n) is 18.8. The van der Waals surface area contributed by atoms with E-state index in [2.05, 4.69) is 236 Å². The van der Waals surface area contributed by atoms with Gasteiger partial charge in [-0.15, -0.1) is 48.1 Å². The van der Waals surface area contributed by atoms with Gasteiger partial charge in [-0.3, -0.25) is 0 Å². The molecule has 1 aliphatic rings. The number of rotatable bonds is 6. The Morgan fingerprint density at radius 1 is 0.471 bits per heavy atom. The van der Waals surface area contributed by atoms with E-state index >= 15 is 0 Å². The van der Waals surface area contributed by atoms with Crippen molar-refractivity contribution in [3.8, 4) is 33.8 Å². The molecular weight excluding hydrogens is 1040 g/mol. The van der Waals surface area contributed by atoms with Crippen molar-refractivity contribution in [2.24, 2.45) is 0 Å². The van der Waals surface area contributed by atoms with Gasteiger partial charge >= 0.3 is 0 Å². The summed E-state index contributed by atoms with van der Waals surface area (Å²) < 4.78 is 9.16. The third-order valence-electron chi connectivity index (χ3n) is 13.6. The van der Waals surface area contributed by atoms with Crippen LogP contribution in [0.2, 0.25) is 0 Å². The van der Waals surface area contributed by atoms with E-state index in [1.165, 1.54) is 21.7 Å². The fraction of sp³-hybridized carbons (Fsp3) is 0.0625. The van der Waals surface area contributed by atoms with Crippen LogP contribution in [0.5, 0.6) is 11.5 Å². The molecule has 12 aromatic rings. The Bertz CT molecular complexity index is 3970. The summed E-state index contributed by atoms with van der Waals surface area (Å²) in [5.74, 6) is 1.17. The van der Waals surface area contributed by atoms with Gasteiger partial charge in [-0.05, 0) is 79.4 Å². The number of ether oxygens (including phenoxy) is 1. The summed E-state index contributed by atoms with van der Waals surface area (Å²) >= 11 is 0. The van der Waals surface area contributed by atoms with E-state index < -0.39 is 0 Å². The van der Waals surface area contributed by atoms with Crippen molar-refractivity contribution in [2.75, 3.05) is 9.80 Å². The average molecular weight is 1080 g/mol. The minimum Gasteiger partial charge on any atom is -0.509 e. The van der Waals surface area contributed by atoms with Crippen molar-refractivity contribution in [1.29, 1.82) is 0 Å². The molecule has 70 heavy (non-hydrogen) atoms. The summed E-state index contributed by atoms with van der Waals surface area (Å²) in [7, 11) is 0. The Labute approximate surface area is 421 Å². The second kappa shape index (κ2) is 17.2. The van der Waals surface area contributed by atoms with Crippen LogP contribution in [-0.2, 0) is 26.5 Å². The van der Waals surface area contributed by atoms with Gasteiger partial charge in [0.05, 0.1) is 0 Å². The zero-order valence-electron chi connectivity index (χ0n) is 38.8. The van der Waals surface area contributed by atoms with Crippen LogP contribution in [0.4, 0.5) is 22.7 Å². The number of aromatic nitrogens is 2. The van der Waals surface area contributed by atoms with Crippen LogP contribution in [0.1, 0.15) is 26.3 Å². The van der Waals surface area contributed by atoms with Gasteiger partial charge in [0.1, 0.15) is 5.65 Å². The van der Waals surface area contributed by atoms with Gasteiger partial charge in [-0.1, -0.05) is 172 Å². The zero-order chi connectivity index (χ0) is 46.2. The molecule has 0 amide bonds. The largest absolute Gasteiger partial charge is 0.509 e. The summed E-state index contributed by atoms with van der Waals surface area (Å²) in [5.41, 5.74) is 12.7. The molecule has 0 saturated heterocycles. The summed E-state index contributed by atoms with van der Waals surface area (Å²) in [4.78, 5) is 9.71. The van der Waals surface area contributed by atoms with Crippen LogP contribution in [0.3, 0.4) is 0 Å². The predicted molar refractivity (Wildman–Crippen MR) is 287 cm³/mol. The second-order valence-corrected chi connectivity index (χ2v) is 18.8. The van der Waals surface area contributed by atoms with Crippen molar-refractivity contribution < 1.29 is 25.8 Å². The Kier molecular flexibility index (Phi) is 10.6. The number of fused-ring (bicyclic) bond motifs is 11. The third-order valence-corrected chi connectivity index (χ3v) is 13.6. The van der Waals surface area contributed by atoms with Crippen LogP contribution in [-0.4, -0.2) is 9.38 Å². The minimum absolute atomic E-state index is 0. The van der Waals surface area contributed by atoms with E-state index in [0.717, 1.165) is 88.6 Å². The van der Waals surface area contributed by atoms with E-state index in [-0.39, 0.29) is 26.5 Å². The Balaban J connectivity index is 0.00000505. The molecule has 13 rings (SSSR count). The van der Waals surface area contributed by atoms with Crippen molar-refractivity contribution in [3.05, 3.63) is 237 Å². The van der Waals surface area contributed by atoms with E-state index in [0.29, 0.717) is 11.5 Å². The minimum atomic E-state index is -0.103. The van der Waals surface area contributed by atoms with E-state index in [1.807, 2.05) is 30.5 Å². The number of benzene rings is 9. The molecule has 3 aromatic heterocycles. The van der Waals surface area contributed by atoms with Gasteiger partial charge in [-0.2, -0.15) is 12.1 Å². The summed E-state index contributed by atoms with van der Waals surface area (Å²) in [6.45, 7) is 9.05. The number of hydrogen-bond donors (Lipinski definition) is 0. The standard InChI is InChI=1S/C64H45N4O.Pt/c1-64(2,3)44-37-56-53-28-13-11-26-51(53)50-25-10-12-27-52(50)55-31-18-36-65-63(55)68-60-40-47(34-35-54(60)57(38-44)62(56)68)69-46-24-16-23-45(39-46)66-41-67(59-33-15-14-32-58(59)66)61-48(42-19-6-4-7-20-42)29-17-30-49(61)43-21-8-5-9-22-43;/h4-38,41H,1-3H3;/q-3;. The van der Waals surface area contributed by atoms with Crippen molar-refractivity contribution in [3.63, 3.8) is 0 Å². The molecule has 0 bridgehead atoms. The quantitative estimate of drug-likeness (QED) is 0.155. The molecule has 0 atom stereocenters. The van der Waals surface area contributed by atoms with Gasteiger partial charge in [-0.25, -0.2) is 4.98 Å². The van der Waals surface area contributed by atoms with E-state index in [9.17, 15) is 0 Å². The number of anilines is 4. The molecule has 4 heterocycles. The average Bonchev–Trinajstić information content (AvgIpc) is 3.95. The Hall–Kier alpha value is -7.98. The molecule has 0 spiro atoms. The fourth-order valence-corrected chi connectivity index (χ4v) is 10.4. The molecule has 340 valence electrons. The van der Waals surface area contributed by atoms with Gasteiger partial charge in [0.2, 0.25) is 0 Å². The molecule has 0 saturated carbocycles. The van der Waals surface area contributed by atoms with Crippen molar-refractivity contribution in [2.45, 2.75) is 26.2 Å². The SMILES string of the molecule is CC(C)(C)c1cc2c3ccccc3c3ccccc3c3cccnc3n3c4[c-]c(Oc5[c-]c(N6[CH-]N(c7c(-c8ccccc8)cccc7-c7ccccc7)c7ccccc76)ccc5)ccc4c(c1)c23.[Pt]. The predicted octanol–water partition coefficient (Wildman–Crippen LogP) is 17.1. The first kappa shape index (κ1) is 43.3. The van der Waals surface area contributed by atoms with Crippen LogP contribution < -0.4 is 14.5 Å². The van der Waals surface area contributed by atoms with Crippen molar-refractivity contribution in [1.82, 2.24) is 9.38 Å². The molecule has 0 unspecified atom stereocenters. The number of pyridine rings is 1. The van der Waals surface area contributed by atoms with E-state index in [1.54, 1.807) is 0 Å². The topological polar surface area (TPSA) is 33.0 Å². The van der Waals surface area contributed by atoms with Gasteiger partial charge in [0.15, 0.2) is 0 Å². The zero-order valence-corrected chi connectivity index (χ0v) is 41.1.